The number of carbonyl (C=O) groups is 1. The van der Waals surface area contributed by atoms with Crippen molar-refractivity contribution in [3.8, 4) is 5.75 Å². The molecule has 1 aromatic carbocycles. The lowest BCUT2D eigenvalue weighted by atomic mass is 10.2. The minimum atomic E-state index is -0.0525. The van der Waals surface area contributed by atoms with E-state index in [9.17, 15) is 4.79 Å². The van der Waals surface area contributed by atoms with E-state index >= 15 is 0 Å². The second kappa shape index (κ2) is 5.39. The molecule has 0 fully saturated rings. The zero-order chi connectivity index (χ0) is 11.3. The summed E-state index contributed by atoms with van der Waals surface area (Å²) < 4.78 is 5.06. The SMILES string of the molecule is CCC(C)NC(=O)c1cccc(OC)c1.[HH]. The smallest absolute Gasteiger partial charge is 0.251 e. The third kappa shape index (κ3) is 3.27. The zero-order valence-electron chi connectivity index (χ0n) is 9.41. The van der Waals surface area contributed by atoms with Crippen LogP contribution in [0.15, 0.2) is 24.3 Å². The van der Waals surface area contributed by atoms with Gasteiger partial charge in [0.05, 0.1) is 7.11 Å². The van der Waals surface area contributed by atoms with E-state index in [1.165, 1.54) is 0 Å². The summed E-state index contributed by atoms with van der Waals surface area (Å²) in [6.45, 7) is 4.02. The number of amides is 1. The van der Waals surface area contributed by atoms with Crippen molar-refractivity contribution in [1.29, 1.82) is 0 Å². The van der Waals surface area contributed by atoms with Crippen LogP contribution in [-0.2, 0) is 0 Å². The highest BCUT2D eigenvalue weighted by Crippen LogP contribution is 2.12. The maximum absolute atomic E-state index is 11.7. The first-order chi connectivity index (χ1) is 7.17. The normalized spacial score (nSPS) is 11.9. The molecule has 0 bridgehead atoms. The minimum Gasteiger partial charge on any atom is -0.497 e. The molecular formula is C12H19NO2. The molecule has 1 atom stereocenters. The molecule has 0 aromatic heterocycles. The van der Waals surface area contributed by atoms with Crippen LogP contribution in [0.2, 0.25) is 0 Å². The van der Waals surface area contributed by atoms with Crippen molar-refractivity contribution in [3.05, 3.63) is 29.8 Å². The summed E-state index contributed by atoms with van der Waals surface area (Å²) in [7, 11) is 1.59. The first kappa shape index (κ1) is 11.6. The van der Waals surface area contributed by atoms with Crippen molar-refractivity contribution in [2.24, 2.45) is 0 Å². The first-order valence-electron chi connectivity index (χ1n) is 5.12. The summed E-state index contributed by atoms with van der Waals surface area (Å²) >= 11 is 0. The molecule has 1 N–H and O–H groups in total. The van der Waals surface area contributed by atoms with Gasteiger partial charge in [-0.05, 0) is 31.5 Å². The molecule has 0 spiro atoms. The lowest BCUT2D eigenvalue weighted by Crippen LogP contribution is -2.31. The summed E-state index contributed by atoms with van der Waals surface area (Å²) in [6.07, 6.45) is 0.926. The average molecular weight is 209 g/mol. The van der Waals surface area contributed by atoms with Crippen LogP contribution in [-0.4, -0.2) is 19.1 Å². The van der Waals surface area contributed by atoms with Crippen molar-refractivity contribution in [1.82, 2.24) is 5.32 Å². The number of hydrogen-bond acceptors (Lipinski definition) is 2. The molecule has 1 aromatic rings. The van der Waals surface area contributed by atoms with Crippen molar-refractivity contribution in [2.45, 2.75) is 26.3 Å². The number of carbonyl (C=O) groups excluding carboxylic acids is 1. The number of rotatable bonds is 4. The van der Waals surface area contributed by atoms with Crippen LogP contribution in [0.5, 0.6) is 5.75 Å². The van der Waals surface area contributed by atoms with Gasteiger partial charge in [-0.15, -0.1) is 0 Å². The van der Waals surface area contributed by atoms with Crippen LogP contribution in [0.3, 0.4) is 0 Å². The number of nitrogens with one attached hydrogen (secondary N) is 1. The maximum Gasteiger partial charge on any atom is 0.251 e. The Morgan fingerprint density at radius 3 is 2.93 bits per heavy atom. The van der Waals surface area contributed by atoms with E-state index in [1.807, 2.05) is 26.0 Å². The van der Waals surface area contributed by atoms with E-state index in [4.69, 9.17) is 4.74 Å². The third-order valence-electron chi connectivity index (χ3n) is 2.32. The molecule has 0 radical (unpaired) electrons. The van der Waals surface area contributed by atoms with E-state index in [0.717, 1.165) is 6.42 Å². The van der Waals surface area contributed by atoms with Gasteiger partial charge in [-0.2, -0.15) is 0 Å². The summed E-state index contributed by atoms with van der Waals surface area (Å²) in [5.74, 6) is 0.648. The van der Waals surface area contributed by atoms with E-state index in [1.54, 1.807) is 19.2 Å². The van der Waals surface area contributed by atoms with Crippen LogP contribution in [0.25, 0.3) is 0 Å². The summed E-state index contributed by atoms with van der Waals surface area (Å²) in [5, 5.41) is 2.90. The monoisotopic (exact) mass is 209 g/mol. The molecule has 0 saturated carbocycles. The number of ether oxygens (including phenoxy) is 1. The molecule has 1 unspecified atom stereocenters. The fraction of sp³-hybridized carbons (Fsp3) is 0.417. The molecule has 15 heavy (non-hydrogen) atoms. The van der Waals surface area contributed by atoms with Crippen LogP contribution in [0.1, 0.15) is 32.1 Å². The van der Waals surface area contributed by atoms with Gasteiger partial charge in [0.1, 0.15) is 5.75 Å². The molecule has 0 aliphatic carbocycles. The Balaban J connectivity index is 0.00000225. The second-order valence-corrected chi connectivity index (χ2v) is 3.51. The summed E-state index contributed by atoms with van der Waals surface area (Å²) in [4.78, 5) is 11.7. The highest BCUT2D eigenvalue weighted by molar-refractivity contribution is 5.94. The van der Waals surface area contributed by atoms with Crippen molar-refractivity contribution in [2.75, 3.05) is 7.11 Å². The van der Waals surface area contributed by atoms with Crippen LogP contribution in [0.4, 0.5) is 0 Å². The Morgan fingerprint density at radius 2 is 2.33 bits per heavy atom. The van der Waals surface area contributed by atoms with Crippen LogP contribution < -0.4 is 10.1 Å². The maximum atomic E-state index is 11.7. The van der Waals surface area contributed by atoms with Crippen molar-refractivity contribution >= 4 is 5.91 Å². The molecule has 0 aliphatic heterocycles. The van der Waals surface area contributed by atoms with Gasteiger partial charge in [0.25, 0.3) is 5.91 Å². The standard InChI is InChI=1S/C12H17NO2.H2/c1-4-9(2)13-12(14)10-6-5-7-11(8-10)15-3;/h5-9H,4H2,1-3H3,(H,13,14);1H. The van der Waals surface area contributed by atoms with E-state index in [2.05, 4.69) is 5.32 Å². The number of benzene rings is 1. The molecule has 1 amide bonds. The molecular weight excluding hydrogens is 190 g/mol. The Morgan fingerprint density at radius 1 is 1.60 bits per heavy atom. The highest BCUT2D eigenvalue weighted by atomic mass is 16.5. The van der Waals surface area contributed by atoms with Gasteiger partial charge in [0.15, 0.2) is 0 Å². The first-order valence-corrected chi connectivity index (χ1v) is 5.12. The zero-order valence-corrected chi connectivity index (χ0v) is 9.41. The topological polar surface area (TPSA) is 38.3 Å². The molecule has 84 valence electrons. The quantitative estimate of drug-likeness (QED) is 0.827. The second-order valence-electron chi connectivity index (χ2n) is 3.51. The molecule has 1 rings (SSSR count). The summed E-state index contributed by atoms with van der Waals surface area (Å²) in [5.41, 5.74) is 0.634. The van der Waals surface area contributed by atoms with Crippen LogP contribution in [0, 0.1) is 0 Å². The van der Waals surface area contributed by atoms with Gasteiger partial charge >= 0.3 is 0 Å². The molecule has 0 saturated heterocycles. The molecule has 3 nitrogen and oxygen atoms in total. The lowest BCUT2D eigenvalue weighted by molar-refractivity contribution is 0.0939. The van der Waals surface area contributed by atoms with Gasteiger partial charge in [0.2, 0.25) is 0 Å². The van der Waals surface area contributed by atoms with Gasteiger partial charge in [0, 0.05) is 13.0 Å². The van der Waals surface area contributed by atoms with E-state index in [-0.39, 0.29) is 13.4 Å². The van der Waals surface area contributed by atoms with Gasteiger partial charge in [-0.1, -0.05) is 13.0 Å². The van der Waals surface area contributed by atoms with Crippen LogP contribution >= 0.6 is 0 Å². The Kier molecular flexibility index (Phi) is 4.16. The fourth-order valence-corrected chi connectivity index (χ4v) is 1.17. The molecule has 0 heterocycles. The largest absolute Gasteiger partial charge is 0.497 e. The fourth-order valence-electron chi connectivity index (χ4n) is 1.17. The van der Waals surface area contributed by atoms with Gasteiger partial charge < -0.3 is 10.1 Å². The predicted molar refractivity (Wildman–Crippen MR) is 62.3 cm³/mol. The Bertz CT molecular complexity index is 342. The highest BCUT2D eigenvalue weighted by Gasteiger charge is 2.08. The Hall–Kier alpha value is -1.51. The average Bonchev–Trinajstić information content (AvgIpc) is 2.28. The lowest BCUT2D eigenvalue weighted by Gasteiger charge is -2.11. The number of hydrogen-bond donors (Lipinski definition) is 1. The number of methoxy groups -OCH3 is 1. The predicted octanol–water partition coefficient (Wildman–Crippen LogP) is 2.47. The Labute approximate surface area is 91.9 Å². The summed E-state index contributed by atoms with van der Waals surface area (Å²) in [6, 6.07) is 7.34. The molecule has 0 aliphatic rings. The van der Waals surface area contributed by atoms with E-state index < -0.39 is 0 Å². The minimum absolute atomic E-state index is 0. The van der Waals surface area contributed by atoms with Crippen molar-refractivity contribution < 1.29 is 11.0 Å². The third-order valence-corrected chi connectivity index (χ3v) is 2.32. The van der Waals surface area contributed by atoms with Gasteiger partial charge in [-0.25, -0.2) is 0 Å². The molecule has 3 heteroatoms. The van der Waals surface area contributed by atoms with Crippen molar-refractivity contribution in [3.63, 3.8) is 0 Å². The van der Waals surface area contributed by atoms with E-state index in [0.29, 0.717) is 11.3 Å². The van der Waals surface area contributed by atoms with Gasteiger partial charge in [-0.3, -0.25) is 4.79 Å².